The van der Waals surface area contributed by atoms with Crippen LogP contribution in [0.5, 0.6) is 0 Å². The second-order valence-electron chi connectivity index (χ2n) is 3.76. The number of nitrogens with zero attached hydrogens (tertiary/aromatic N) is 3. The zero-order chi connectivity index (χ0) is 13.8. The minimum absolute atomic E-state index is 0.224. The summed E-state index contributed by atoms with van der Waals surface area (Å²) in [4.78, 5) is 15.7. The Kier molecular flexibility index (Phi) is 3.95. The first-order valence-electron chi connectivity index (χ1n) is 5.62. The Bertz CT molecular complexity index is 578. The number of aryl methyl sites for hydroxylation is 1. The molecule has 9 heteroatoms. The van der Waals surface area contributed by atoms with Crippen LogP contribution in [0.25, 0.3) is 0 Å². The summed E-state index contributed by atoms with van der Waals surface area (Å²) in [5.74, 6) is 1.11. The van der Waals surface area contributed by atoms with Crippen molar-refractivity contribution in [2.45, 2.75) is 13.3 Å². The Labute approximate surface area is 113 Å². The fourth-order valence-corrected chi connectivity index (χ4v) is 2.23. The Balaban J connectivity index is 1.98. The molecule has 0 atom stereocenters. The van der Waals surface area contributed by atoms with Crippen molar-refractivity contribution in [3.63, 3.8) is 0 Å². The fraction of sp³-hybridized carbons (Fsp3) is 0.400. The molecule has 2 aromatic rings. The monoisotopic (exact) mass is 282 g/mol. The minimum Gasteiger partial charge on any atom is -0.382 e. The number of carbonyl (C=O) groups is 1. The minimum atomic E-state index is -0.260. The van der Waals surface area contributed by atoms with Crippen molar-refractivity contribution in [1.29, 1.82) is 0 Å². The molecule has 0 aliphatic heterocycles. The van der Waals surface area contributed by atoms with Crippen LogP contribution in [0.4, 0.5) is 10.8 Å². The van der Waals surface area contributed by atoms with E-state index in [1.807, 2.05) is 0 Å². The average Bonchev–Trinajstić information content (AvgIpc) is 2.96. The number of nitrogens with one attached hydrogen (secondary N) is 2. The van der Waals surface area contributed by atoms with Gasteiger partial charge in [-0.2, -0.15) is 9.36 Å². The van der Waals surface area contributed by atoms with Gasteiger partial charge < -0.3 is 20.9 Å². The Morgan fingerprint density at radius 1 is 1.53 bits per heavy atom. The van der Waals surface area contributed by atoms with Crippen LogP contribution in [0.15, 0.2) is 4.52 Å². The number of anilines is 2. The van der Waals surface area contributed by atoms with Crippen LogP contribution in [-0.2, 0) is 6.42 Å². The number of aromatic nitrogens is 3. The Morgan fingerprint density at radius 3 is 2.95 bits per heavy atom. The lowest BCUT2D eigenvalue weighted by Gasteiger charge is -2.04. The van der Waals surface area contributed by atoms with E-state index in [2.05, 4.69) is 25.1 Å². The largest absolute Gasteiger partial charge is 0.382 e. The highest BCUT2D eigenvalue weighted by Crippen LogP contribution is 2.26. The summed E-state index contributed by atoms with van der Waals surface area (Å²) in [6.07, 6.45) is 0.586. The van der Waals surface area contributed by atoms with Crippen molar-refractivity contribution in [2.75, 3.05) is 24.6 Å². The molecule has 0 radical (unpaired) electrons. The molecule has 2 rings (SSSR count). The molecule has 0 aliphatic rings. The smallest absolute Gasteiger partial charge is 0.257 e. The van der Waals surface area contributed by atoms with Gasteiger partial charge in [-0.05, 0) is 11.5 Å². The molecule has 0 saturated carbocycles. The number of nitrogen functional groups attached to an aromatic ring is 1. The van der Waals surface area contributed by atoms with E-state index in [0.717, 1.165) is 11.5 Å². The van der Waals surface area contributed by atoms with Gasteiger partial charge in [-0.25, -0.2) is 0 Å². The van der Waals surface area contributed by atoms with E-state index in [9.17, 15) is 4.79 Å². The molecular weight excluding hydrogens is 268 g/mol. The van der Waals surface area contributed by atoms with Crippen LogP contribution in [0.3, 0.4) is 0 Å². The number of amides is 1. The topological polar surface area (TPSA) is 119 Å². The van der Waals surface area contributed by atoms with Crippen LogP contribution in [0, 0.1) is 6.92 Å². The molecular formula is C10H14N6O2S. The van der Waals surface area contributed by atoms with Gasteiger partial charge in [0.05, 0.1) is 0 Å². The van der Waals surface area contributed by atoms with Crippen LogP contribution >= 0.6 is 11.5 Å². The maximum Gasteiger partial charge on any atom is 0.257 e. The summed E-state index contributed by atoms with van der Waals surface area (Å²) in [7, 11) is 1.55. The molecule has 0 bridgehead atoms. The van der Waals surface area contributed by atoms with Crippen molar-refractivity contribution in [3.8, 4) is 0 Å². The first kappa shape index (κ1) is 13.3. The number of nitrogens with two attached hydrogens (primary N) is 1. The molecule has 0 unspecified atom stereocenters. The van der Waals surface area contributed by atoms with Gasteiger partial charge in [0.1, 0.15) is 10.6 Å². The van der Waals surface area contributed by atoms with Crippen molar-refractivity contribution >= 4 is 28.3 Å². The highest BCUT2D eigenvalue weighted by atomic mass is 32.1. The summed E-state index contributed by atoms with van der Waals surface area (Å²) in [5, 5.41) is 10.0. The number of carbonyl (C=O) groups excluding carboxylic acids is 1. The lowest BCUT2D eigenvalue weighted by Crippen LogP contribution is -2.20. The van der Waals surface area contributed by atoms with Crippen LogP contribution in [0.2, 0.25) is 0 Å². The van der Waals surface area contributed by atoms with Gasteiger partial charge in [0.25, 0.3) is 5.91 Å². The summed E-state index contributed by atoms with van der Waals surface area (Å²) in [5.41, 5.74) is 6.03. The SMILES string of the molecule is CNC(=O)c1c(N)nsc1NCCc1noc(C)n1. The zero-order valence-corrected chi connectivity index (χ0v) is 11.4. The Hall–Kier alpha value is -2.16. The highest BCUT2D eigenvalue weighted by Gasteiger charge is 2.17. The average molecular weight is 282 g/mol. The molecule has 0 aliphatic carbocycles. The third-order valence-corrected chi connectivity index (χ3v) is 3.20. The highest BCUT2D eigenvalue weighted by molar-refractivity contribution is 7.11. The number of hydrogen-bond acceptors (Lipinski definition) is 8. The van der Waals surface area contributed by atoms with Gasteiger partial charge >= 0.3 is 0 Å². The van der Waals surface area contributed by atoms with E-state index in [1.54, 1.807) is 14.0 Å². The standard InChI is InChI=1S/C10H14N6O2S/c1-5-14-6(15-18-5)3-4-13-10-7(9(17)12-2)8(11)16-19-10/h13H,3-4H2,1-2H3,(H2,11,16)(H,12,17). The van der Waals surface area contributed by atoms with Crippen molar-refractivity contribution in [2.24, 2.45) is 0 Å². The number of hydrogen-bond donors (Lipinski definition) is 3. The second kappa shape index (κ2) is 5.65. The third kappa shape index (κ3) is 2.99. The molecule has 8 nitrogen and oxygen atoms in total. The predicted octanol–water partition coefficient (Wildman–Crippen LogP) is 0.431. The van der Waals surface area contributed by atoms with Crippen LogP contribution < -0.4 is 16.4 Å². The molecule has 1 amide bonds. The van der Waals surface area contributed by atoms with E-state index in [-0.39, 0.29) is 11.7 Å². The number of rotatable bonds is 5. The normalized spacial score (nSPS) is 10.4. The van der Waals surface area contributed by atoms with Crippen LogP contribution in [-0.4, -0.2) is 34.0 Å². The lowest BCUT2D eigenvalue weighted by atomic mass is 10.3. The van der Waals surface area contributed by atoms with Crippen molar-refractivity contribution in [3.05, 3.63) is 17.3 Å². The lowest BCUT2D eigenvalue weighted by molar-refractivity contribution is 0.0965. The molecule has 0 fully saturated rings. The van der Waals surface area contributed by atoms with Gasteiger partial charge in [0.2, 0.25) is 5.89 Å². The van der Waals surface area contributed by atoms with Crippen molar-refractivity contribution < 1.29 is 9.32 Å². The Morgan fingerprint density at radius 2 is 2.32 bits per heavy atom. The van der Waals surface area contributed by atoms with Gasteiger partial charge in [-0.1, -0.05) is 5.16 Å². The zero-order valence-electron chi connectivity index (χ0n) is 10.6. The maximum atomic E-state index is 11.6. The van der Waals surface area contributed by atoms with E-state index >= 15 is 0 Å². The second-order valence-corrected chi connectivity index (χ2v) is 4.53. The molecule has 2 aromatic heterocycles. The summed E-state index contributed by atoms with van der Waals surface area (Å²) < 4.78 is 8.83. The van der Waals surface area contributed by atoms with E-state index in [0.29, 0.717) is 35.2 Å². The van der Waals surface area contributed by atoms with E-state index in [1.165, 1.54) is 0 Å². The van der Waals surface area contributed by atoms with Gasteiger partial charge in [0, 0.05) is 26.9 Å². The van der Waals surface area contributed by atoms with Gasteiger partial charge in [0.15, 0.2) is 11.6 Å². The van der Waals surface area contributed by atoms with Crippen molar-refractivity contribution in [1.82, 2.24) is 19.8 Å². The molecule has 0 saturated heterocycles. The molecule has 19 heavy (non-hydrogen) atoms. The molecule has 4 N–H and O–H groups in total. The maximum absolute atomic E-state index is 11.6. The summed E-state index contributed by atoms with van der Waals surface area (Å²) in [6, 6.07) is 0. The van der Waals surface area contributed by atoms with E-state index < -0.39 is 0 Å². The predicted molar refractivity (Wildman–Crippen MR) is 71.1 cm³/mol. The molecule has 102 valence electrons. The third-order valence-electron chi connectivity index (χ3n) is 2.38. The van der Waals surface area contributed by atoms with Gasteiger partial charge in [-0.3, -0.25) is 4.79 Å². The quantitative estimate of drug-likeness (QED) is 0.727. The summed E-state index contributed by atoms with van der Waals surface area (Å²) >= 11 is 1.15. The van der Waals surface area contributed by atoms with Crippen LogP contribution in [0.1, 0.15) is 22.1 Å². The molecule has 2 heterocycles. The van der Waals surface area contributed by atoms with E-state index in [4.69, 9.17) is 10.3 Å². The van der Waals surface area contributed by atoms with Gasteiger partial charge in [-0.15, -0.1) is 0 Å². The molecule has 0 spiro atoms. The molecule has 0 aromatic carbocycles. The summed E-state index contributed by atoms with van der Waals surface area (Å²) in [6.45, 7) is 2.29. The first-order valence-corrected chi connectivity index (χ1v) is 6.39. The first-order chi connectivity index (χ1) is 9.11. The fourth-order valence-electron chi connectivity index (χ4n) is 1.50.